The van der Waals surface area contributed by atoms with Crippen LogP contribution in [0.5, 0.6) is 0 Å². The average Bonchev–Trinajstić information content (AvgIpc) is 2.32. The first-order valence-corrected chi connectivity index (χ1v) is 12.4. The van der Waals surface area contributed by atoms with E-state index in [1.54, 1.807) is 24.3 Å². The van der Waals surface area contributed by atoms with Gasteiger partial charge in [0.2, 0.25) is 0 Å². The Morgan fingerprint density at radius 2 is 1.75 bits per heavy atom. The molecule has 1 aliphatic carbocycles. The van der Waals surface area contributed by atoms with Gasteiger partial charge >= 0.3 is 0 Å². The normalized spacial score (nSPS) is 18.9. The lowest BCUT2D eigenvalue weighted by molar-refractivity contribution is 0.398. The minimum absolute atomic E-state index is 0.456. The maximum absolute atomic E-state index is 12.9. The molecule has 2 rings (SSSR count). The van der Waals surface area contributed by atoms with E-state index < -0.39 is 22.7 Å². The van der Waals surface area contributed by atoms with E-state index in [1.807, 2.05) is 12.1 Å². The molecule has 0 unspecified atom stereocenters. The van der Waals surface area contributed by atoms with Crippen LogP contribution in [0.3, 0.4) is 0 Å². The average molecular weight is 309 g/mol. The summed E-state index contributed by atoms with van der Waals surface area (Å²) in [4.78, 5) is 0.456. The Labute approximate surface area is 123 Å². The standard InChI is InChI=1S/C16H24O2SSi/c1-20(2,3)14-8-13-16(11-7-12-16)19(17,18)15-9-5-4-6-10-15/h4-6,8-10,13H,7,11-12,14H2,1-3H3/b13-8+. The van der Waals surface area contributed by atoms with Crippen molar-refractivity contribution >= 4 is 17.9 Å². The molecule has 4 heteroatoms. The van der Waals surface area contributed by atoms with E-state index in [-0.39, 0.29) is 0 Å². The van der Waals surface area contributed by atoms with Crippen LogP contribution in [0.25, 0.3) is 0 Å². The minimum atomic E-state index is -3.25. The summed E-state index contributed by atoms with van der Waals surface area (Å²) < 4.78 is 25.1. The Morgan fingerprint density at radius 3 is 2.20 bits per heavy atom. The van der Waals surface area contributed by atoms with Gasteiger partial charge in [-0.2, -0.15) is 0 Å². The van der Waals surface area contributed by atoms with Gasteiger partial charge in [0.1, 0.15) is 0 Å². The van der Waals surface area contributed by atoms with Gasteiger partial charge in [-0.3, -0.25) is 0 Å². The predicted molar refractivity (Wildman–Crippen MR) is 87.5 cm³/mol. The maximum Gasteiger partial charge on any atom is 0.187 e. The van der Waals surface area contributed by atoms with Gasteiger partial charge < -0.3 is 0 Å². The first kappa shape index (κ1) is 15.5. The molecular weight excluding hydrogens is 284 g/mol. The third kappa shape index (κ3) is 3.06. The zero-order valence-corrected chi connectivity index (χ0v) is 14.4. The van der Waals surface area contributed by atoms with Crippen molar-refractivity contribution in [3.8, 4) is 0 Å². The highest BCUT2D eigenvalue weighted by Crippen LogP contribution is 2.44. The summed E-state index contributed by atoms with van der Waals surface area (Å²) in [6.07, 6.45) is 6.62. The van der Waals surface area contributed by atoms with Crippen molar-refractivity contribution in [1.82, 2.24) is 0 Å². The molecule has 0 aliphatic heterocycles. The quantitative estimate of drug-likeness (QED) is 0.601. The van der Waals surface area contributed by atoms with Crippen LogP contribution in [0.2, 0.25) is 25.7 Å². The summed E-state index contributed by atoms with van der Waals surface area (Å²) in [6.45, 7) is 6.91. The molecule has 0 amide bonds. The van der Waals surface area contributed by atoms with E-state index in [2.05, 4.69) is 25.7 Å². The van der Waals surface area contributed by atoms with Crippen LogP contribution in [0.1, 0.15) is 19.3 Å². The van der Waals surface area contributed by atoms with E-state index >= 15 is 0 Å². The molecule has 0 saturated heterocycles. The van der Waals surface area contributed by atoms with Crippen LogP contribution < -0.4 is 0 Å². The van der Waals surface area contributed by atoms with Crippen molar-refractivity contribution in [2.45, 2.75) is 54.6 Å². The number of hydrogen-bond acceptors (Lipinski definition) is 2. The first-order chi connectivity index (χ1) is 9.27. The Hall–Kier alpha value is -0.873. The topological polar surface area (TPSA) is 34.1 Å². The molecule has 1 aromatic rings. The Bertz CT molecular complexity index is 579. The summed E-state index contributed by atoms with van der Waals surface area (Å²) in [5.74, 6) is 0. The second kappa shape index (κ2) is 5.49. The Morgan fingerprint density at radius 1 is 1.15 bits per heavy atom. The Kier molecular flexibility index (Phi) is 4.26. The van der Waals surface area contributed by atoms with Gasteiger partial charge in [0.25, 0.3) is 0 Å². The van der Waals surface area contributed by atoms with E-state index in [1.165, 1.54) is 0 Å². The molecule has 0 aromatic heterocycles. The van der Waals surface area contributed by atoms with Crippen molar-refractivity contribution in [2.75, 3.05) is 0 Å². The fourth-order valence-corrected chi connectivity index (χ4v) is 5.42. The molecule has 0 atom stereocenters. The van der Waals surface area contributed by atoms with Crippen molar-refractivity contribution in [2.24, 2.45) is 0 Å². The second-order valence-electron chi connectivity index (χ2n) is 6.90. The highest BCUT2D eigenvalue weighted by atomic mass is 32.2. The molecule has 1 saturated carbocycles. The van der Waals surface area contributed by atoms with E-state index in [0.717, 1.165) is 25.3 Å². The largest absolute Gasteiger partial charge is 0.223 e. The molecule has 0 N–H and O–H groups in total. The van der Waals surface area contributed by atoms with Gasteiger partial charge in [-0.25, -0.2) is 8.42 Å². The summed E-state index contributed by atoms with van der Waals surface area (Å²) in [6, 6.07) is 9.91. The van der Waals surface area contributed by atoms with Gasteiger partial charge in [0.15, 0.2) is 9.84 Å². The zero-order valence-electron chi connectivity index (χ0n) is 12.6. The summed E-state index contributed by atoms with van der Waals surface area (Å²) >= 11 is 0. The van der Waals surface area contributed by atoms with Crippen molar-refractivity contribution < 1.29 is 8.42 Å². The van der Waals surface area contributed by atoms with Crippen molar-refractivity contribution in [1.29, 1.82) is 0 Å². The minimum Gasteiger partial charge on any atom is -0.223 e. The highest BCUT2D eigenvalue weighted by Gasteiger charge is 2.47. The van der Waals surface area contributed by atoms with Crippen molar-refractivity contribution in [3.05, 3.63) is 42.5 Å². The number of allylic oxidation sites excluding steroid dienone is 1. The lowest BCUT2D eigenvalue weighted by atomic mass is 9.84. The molecule has 1 fully saturated rings. The molecule has 2 nitrogen and oxygen atoms in total. The highest BCUT2D eigenvalue weighted by molar-refractivity contribution is 7.93. The van der Waals surface area contributed by atoms with Crippen LogP contribution in [0.4, 0.5) is 0 Å². The summed E-state index contributed by atoms with van der Waals surface area (Å²) in [5, 5.41) is 0. The summed E-state index contributed by atoms with van der Waals surface area (Å²) in [5.41, 5.74) is 0. The van der Waals surface area contributed by atoms with Crippen LogP contribution in [0.15, 0.2) is 47.4 Å². The predicted octanol–water partition coefficient (Wildman–Crippen LogP) is 4.28. The number of benzene rings is 1. The van der Waals surface area contributed by atoms with Gasteiger partial charge in [-0.15, -0.1) is 0 Å². The molecule has 0 radical (unpaired) electrons. The lowest BCUT2D eigenvalue weighted by Gasteiger charge is -2.38. The van der Waals surface area contributed by atoms with E-state index in [4.69, 9.17) is 0 Å². The molecule has 1 aromatic carbocycles. The molecular formula is C16H24O2SSi. The molecule has 1 aliphatic rings. The third-order valence-electron chi connectivity index (χ3n) is 3.94. The first-order valence-electron chi connectivity index (χ1n) is 7.24. The van der Waals surface area contributed by atoms with Crippen LogP contribution in [-0.2, 0) is 9.84 Å². The van der Waals surface area contributed by atoms with Gasteiger partial charge in [-0.1, -0.05) is 50.0 Å². The van der Waals surface area contributed by atoms with Gasteiger partial charge in [-0.05, 0) is 37.4 Å². The smallest absolute Gasteiger partial charge is 0.187 e. The van der Waals surface area contributed by atoms with Crippen molar-refractivity contribution in [3.63, 3.8) is 0 Å². The lowest BCUT2D eigenvalue weighted by Crippen LogP contribution is -2.43. The number of hydrogen-bond donors (Lipinski definition) is 0. The zero-order chi connectivity index (χ0) is 14.9. The van der Waals surface area contributed by atoms with Crippen LogP contribution in [-0.4, -0.2) is 21.2 Å². The molecule has 0 spiro atoms. The SMILES string of the molecule is C[Si](C)(C)C/C=C/C1(S(=O)(=O)c2ccccc2)CCC1. The monoisotopic (exact) mass is 308 g/mol. The second-order valence-corrected chi connectivity index (χ2v) is 14.7. The molecule has 0 heterocycles. The third-order valence-corrected chi connectivity index (χ3v) is 7.91. The molecule has 110 valence electrons. The molecule has 20 heavy (non-hydrogen) atoms. The van der Waals surface area contributed by atoms with Crippen LogP contribution >= 0.6 is 0 Å². The fraction of sp³-hybridized carbons (Fsp3) is 0.500. The number of sulfone groups is 1. The Balaban J connectivity index is 2.28. The fourth-order valence-electron chi connectivity index (χ4n) is 2.51. The summed E-state index contributed by atoms with van der Waals surface area (Å²) in [7, 11) is -4.42. The van der Waals surface area contributed by atoms with Crippen LogP contribution in [0, 0.1) is 0 Å². The van der Waals surface area contributed by atoms with E-state index in [9.17, 15) is 8.42 Å². The maximum atomic E-state index is 12.9. The van der Waals surface area contributed by atoms with Gasteiger partial charge in [0.05, 0.1) is 9.64 Å². The van der Waals surface area contributed by atoms with Gasteiger partial charge in [0, 0.05) is 8.07 Å². The molecule has 0 bridgehead atoms. The van der Waals surface area contributed by atoms with E-state index in [0.29, 0.717) is 4.90 Å². The number of rotatable bonds is 5.